The number of nitrogens with zero attached hydrogens (tertiary/aromatic N) is 1. The highest BCUT2D eigenvalue weighted by molar-refractivity contribution is 5.91. The van der Waals surface area contributed by atoms with E-state index in [0.29, 0.717) is 5.69 Å². The molecule has 1 rings (SSSR count). The molecule has 0 aromatic carbocycles. The van der Waals surface area contributed by atoms with E-state index in [2.05, 4.69) is 20.9 Å². The molecule has 0 fully saturated rings. The lowest BCUT2D eigenvalue weighted by Crippen LogP contribution is -2.46. The Morgan fingerprint density at radius 1 is 1.21 bits per heavy atom. The third-order valence-electron chi connectivity index (χ3n) is 2.74. The fourth-order valence-corrected chi connectivity index (χ4v) is 1.66. The Balaban J connectivity index is 2.27. The molecule has 0 aliphatic heterocycles. The lowest BCUT2D eigenvalue weighted by atomic mass is 10.2. The number of ether oxygens (including phenoxy) is 1. The zero-order valence-corrected chi connectivity index (χ0v) is 14.4. The van der Waals surface area contributed by atoms with Crippen molar-refractivity contribution >= 4 is 23.6 Å². The molecule has 0 bridgehead atoms. The largest absolute Gasteiger partial charge is 0.444 e. The highest BCUT2D eigenvalue weighted by atomic mass is 16.6. The van der Waals surface area contributed by atoms with Crippen molar-refractivity contribution in [1.82, 2.24) is 15.6 Å². The number of hydrogen-bond donors (Lipinski definition) is 3. The van der Waals surface area contributed by atoms with Crippen molar-refractivity contribution in [2.75, 3.05) is 11.9 Å². The van der Waals surface area contributed by atoms with Gasteiger partial charge in [-0.1, -0.05) is 0 Å². The molecule has 24 heavy (non-hydrogen) atoms. The van der Waals surface area contributed by atoms with Gasteiger partial charge in [-0.2, -0.15) is 0 Å². The highest BCUT2D eigenvalue weighted by Gasteiger charge is 2.20. The first-order valence-corrected chi connectivity index (χ1v) is 7.64. The Kier molecular flexibility index (Phi) is 7.16. The number of amides is 3. The summed E-state index contributed by atoms with van der Waals surface area (Å²) in [6.07, 6.45) is 2.59. The first-order chi connectivity index (χ1) is 11.2. The van der Waals surface area contributed by atoms with Gasteiger partial charge >= 0.3 is 6.09 Å². The van der Waals surface area contributed by atoms with Crippen molar-refractivity contribution < 1.29 is 19.1 Å². The number of nitrogens with one attached hydrogen (secondary N) is 3. The lowest BCUT2D eigenvalue weighted by Gasteiger charge is -2.21. The van der Waals surface area contributed by atoms with Crippen LogP contribution in [0.15, 0.2) is 24.5 Å². The van der Waals surface area contributed by atoms with Crippen LogP contribution in [-0.4, -0.2) is 41.1 Å². The Morgan fingerprint density at radius 3 is 2.42 bits per heavy atom. The van der Waals surface area contributed by atoms with Gasteiger partial charge in [-0.25, -0.2) is 4.79 Å². The van der Waals surface area contributed by atoms with Gasteiger partial charge in [0.25, 0.3) is 0 Å². The van der Waals surface area contributed by atoms with Gasteiger partial charge in [0.2, 0.25) is 11.8 Å². The zero-order chi connectivity index (χ0) is 18.2. The lowest BCUT2D eigenvalue weighted by molar-refractivity contribution is -0.123. The van der Waals surface area contributed by atoms with Gasteiger partial charge in [0, 0.05) is 31.0 Å². The molecule has 8 heteroatoms. The second kappa shape index (κ2) is 8.85. The number of carbonyl (C=O) groups excluding carboxylic acids is 3. The summed E-state index contributed by atoms with van der Waals surface area (Å²) in [5, 5.41) is 7.70. The molecule has 1 aromatic heterocycles. The smallest absolute Gasteiger partial charge is 0.408 e. The Labute approximate surface area is 141 Å². The molecule has 0 spiro atoms. The van der Waals surface area contributed by atoms with E-state index in [1.54, 1.807) is 45.3 Å². The molecule has 0 unspecified atom stereocenters. The number of anilines is 1. The van der Waals surface area contributed by atoms with Gasteiger partial charge in [0.1, 0.15) is 11.6 Å². The summed E-state index contributed by atoms with van der Waals surface area (Å²) >= 11 is 0. The van der Waals surface area contributed by atoms with Gasteiger partial charge in [-0.05, 0) is 39.8 Å². The number of pyridine rings is 1. The molecule has 0 aliphatic rings. The predicted molar refractivity (Wildman–Crippen MR) is 89.3 cm³/mol. The molecule has 0 saturated heterocycles. The van der Waals surface area contributed by atoms with Crippen molar-refractivity contribution in [2.24, 2.45) is 0 Å². The van der Waals surface area contributed by atoms with Gasteiger partial charge in [-0.3, -0.25) is 14.6 Å². The summed E-state index contributed by atoms with van der Waals surface area (Å²) in [6, 6.07) is 2.58. The standard InChI is InChI=1S/C16H24N4O4/c1-11(19-15(23)24-16(2,3)4)14(22)18-10-7-13(21)20-12-5-8-17-9-6-12/h5-6,8-9,11H,7,10H2,1-4H3,(H,18,22)(H,19,23)(H,17,20,21)/t11-/m1/s1. The van der Waals surface area contributed by atoms with Crippen molar-refractivity contribution in [1.29, 1.82) is 0 Å². The van der Waals surface area contributed by atoms with E-state index >= 15 is 0 Å². The number of hydrogen-bond acceptors (Lipinski definition) is 5. The second-order valence-corrected chi connectivity index (χ2v) is 6.19. The minimum Gasteiger partial charge on any atom is -0.444 e. The summed E-state index contributed by atoms with van der Waals surface area (Å²) < 4.78 is 5.07. The van der Waals surface area contributed by atoms with E-state index < -0.39 is 23.6 Å². The fraction of sp³-hybridized carbons (Fsp3) is 0.500. The Morgan fingerprint density at radius 2 is 1.83 bits per heavy atom. The van der Waals surface area contributed by atoms with Crippen LogP contribution in [-0.2, 0) is 14.3 Å². The Hall–Kier alpha value is -2.64. The van der Waals surface area contributed by atoms with E-state index in [1.807, 2.05) is 0 Å². The topological polar surface area (TPSA) is 109 Å². The molecule has 3 N–H and O–H groups in total. The zero-order valence-electron chi connectivity index (χ0n) is 14.4. The first-order valence-electron chi connectivity index (χ1n) is 7.64. The third-order valence-corrected chi connectivity index (χ3v) is 2.74. The molecule has 0 saturated carbocycles. The first kappa shape index (κ1) is 19.4. The van der Waals surface area contributed by atoms with Crippen LogP contribution in [0, 0.1) is 0 Å². The van der Waals surface area contributed by atoms with E-state index in [0.717, 1.165) is 0 Å². The van der Waals surface area contributed by atoms with E-state index in [9.17, 15) is 14.4 Å². The van der Waals surface area contributed by atoms with Crippen LogP contribution in [0.1, 0.15) is 34.1 Å². The van der Waals surface area contributed by atoms with E-state index in [4.69, 9.17) is 4.74 Å². The quantitative estimate of drug-likeness (QED) is 0.728. The van der Waals surface area contributed by atoms with Crippen LogP contribution in [0.25, 0.3) is 0 Å². The molecule has 1 atom stereocenters. The SMILES string of the molecule is C[C@@H](NC(=O)OC(C)(C)C)C(=O)NCCC(=O)Nc1ccncc1. The summed E-state index contributed by atoms with van der Waals surface area (Å²) in [5.74, 6) is -0.619. The minimum atomic E-state index is -0.761. The number of rotatable bonds is 6. The van der Waals surface area contributed by atoms with E-state index in [-0.39, 0.29) is 18.9 Å². The third kappa shape index (κ3) is 8.11. The van der Waals surface area contributed by atoms with Gasteiger partial charge in [0.15, 0.2) is 0 Å². The average molecular weight is 336 g/mol. The van der Waals surface area contributed by atoms with Crippen LogP contribution in [0.5, 0.6) is 0 Å². The molecule has 3 amide bonds. The minimum absolute atomic E-state index is 0.118. The maximum absolute atomic E-state index is 11.9. The highest BCUT2D eigenvalue weighted by Crippen LogP contribution is 2.06. The number of aromatic nitrogens is 1. The molecule has 132 valence electrons. The molecular formula is C16H24N4O4. The normalized spacial score (nSPS) is 12.0. The van der Waals surface area contributed by atoms with Crippen molar-refractivity contribution in [3.63, 3.8) is 0 Å². The van der Waals surface area contributed by atoms with Crippen LogP contribution < -0.4 is 16.0 Å². The molecule has 1 aromatic rings. The average Bonchev–Trinajstić information content (AvgIpc) is 2.45. The molecule has 0 aliphatic carbocycles. The van der Waals surface area contributed by atoms with Gasteiger partial charge in [0.05, 0.1) is 0 Å². The van der Waals surface area contributed by atoms with Gasteiger partial charge in [-0.15, -0.1) is 0 Å². The van der Waals surface area contributed by atoms with Gasteiger partial charge < -0.3 is 20.7 Å². The molecule has 0 radical (unpaired) electrons. The molecular weight excluding hydrogens is 312 g/mol. The Bertz CT molecular complexity index is 569. The summed E-state index contributed by atoms with van der Waals surface area (Å²) in [7, 11) is 0. The number of alkyl carbamates (subject to hydrolysis) is 1. The van der Waals surface area contributed by atoms with Crippen molar-refractivity contribution in [3.8, 4) is 0 Å². The van der Waals surface area contributed by atoms with Crippen LogP contribution in [0.2, 0.25) is 0 Å². The monoisotopic (exact) mass is 336 g/mol. The molecule has 8 nitrogen and oxygen atoms in total. The molecule has 1 heterocycles. The summed E-state index contributed by atoms with van der Waals surface area (Å²) in [6.45, 7) is 6.91. The maximum atomic E-state index is 11.9. The van der Waals surface area contributed by atoms with E-state index in [1.165, 1.54) is 6.92 Å². The van der Waals surface area contributed by atoms with Crippen LogP contribution in [0.4, 0.5) is 10.5 Å². The van der Waals surface area contributed by atoms with Crippen LogP contribution in [0.3, 0.4) is 0 Å². The van der Waals surface area contributed by atoms with Crippen LogP contribution >= 0.6 is 0 Å². The second-order valence-electron chi connectivity index (χ2n) is 6.19. The number of carbonyl (C=O) groups is 3. The van der Waals surface area contributed by atoms with Crippen molar-refractivity contribution in [2.45, 2.75) is 45.8 Å². The summed E-state index contributed by atoms with van der Waals surface area (Å²) in [4.78, 5) is 39.0. The van der Waals surface area contributed by atoms with Crippen molar-refractivity contribution in [3.05, 3.63) is 24.5 Å². The summed E-state index contributed by atoms with van der Waals surface area (Å²) in [5.41, 5.74) is 0.00648. The predicted octanol–water partition coefficient (Wildman–Crippen LogP) is 1.44. The maximum Gasteiger partial charge on any atom is 0.408 e. The fourth-order valence-electron chi connectivity index (χ4n) is 1.66.